The van der Waals surface area contributed by atoms with Gasteiger partial charge in [0.25, 0.3) is 5.91 Å². The number of hydrogen-bond acceptors (Lipinski definition) is 3. The third-order valence-corrected chi connectivity index (χ3v) is 4.82. The van der Waals surface area contributed by atoms with E-state index in [1.54, 1.807) is 35.6 Å². The number of halogens is 2. The van der Waals surface area contributed by atoms with Gasteiger partial charge in [-0.25, -0.2) is 4.98 Å². The standard InChI is InChI=1S/C18H14Cl2N2OS/c19-14-6-4-12(5-7-14)18-22-16(11-24-18)8-9-21-17(23)13-2-1-3-15(20)10-13/h1-7,10-11H,8-9H2,(H,21,23). The molecule has 0 aliphatic carbocycles. The number of thiazole rings is 1. The highest BCUT2D eigenvalue weighted by molar-refractivity contribution is 7.13. The monoisotopic (exact) mass is 376 g/mol. The number of amides is 1. The first kappa shape index (κ1) is 17.0. The highest BCUT2D eigenvalue weighted by Crippen LogP contribution is 2.25. The quantitative estimate of drug-likeness (QED) is 0.673. The number of nitrogens with one attached hydrogen (secondary N) is 1. The van der Waals surface area contributed by atoms with Crippen LogP contribution in [0.3, 0.4) is 0 Å². The van der Waals surface area contributed by atoms with Crippen molar-refractivity contribution in [3.05, 3.63) is 75.2 Å². The van der Waals surface area contributed by atoms with Crippen molar-refractivity contribution in [3.8, 4) is 10.6 Å². The molecule has 1 heterocycles. The molecule has 24 heavy (non-hydrogen) atoms. The summed E-state index contributed by atoms with van der Waals surface area (Å²) < 4.78 is 0. The summed E-state index contributed by atoms with van der Waals surface area (Å²) in [7, 11) is 0. The molecule has 0 spiro atoms. The van der Waals surface area contributed by atoms with Gasteiger partial charge in [-0.15, -0.1) is 11.3 Å². The normalized spacial score (nSPS) is 10.6. The van der Waals surface area contributed by atoms with Gasteiger partial charge >= 0.3 is 0 Å². The first-order valence-corrected chi connectivity index (χ1v) is 8.99. The lowest BCUT2D eigenvalue weighted by Crippen LogP contribution is -2.25. The van der Waals surface area contributed by atoms with Crippen molar-refractivity contribution in [2.75, 3.05) is 6.54 Å². The van der Waals surface area contributed by atoms with E-state index in [4.69, 9.17) is 23.2 Å². The van der Waals surface area contributed by atoms with E-state index in [0.717, 1.165) is 16.3 Å². The lowest BCUT2D eigenvalue weighted by atomic mass is 10.2. The predicted octanol–water partition coefficient (Wildman–Crippen LogP) is 5.09. The fourth-order valence-corrected chi connectivity index (χ4v) is 3.36. The molecule has 0 saturated carbocycles. The second-order valence-corrected chi connectivity index (χ2v) is 6.90. The number of aromatic nitrogens is 1. The molecule has 122 valence electrons. The fraction of sp³-hybridized carbons (Fsp3) is 0.111. The second kappa shape index (κ2) is 7.79. The number of carbonyl (C=O) groups excluding carboxylic acids is 1. The molecule has 0 aliphatic heterocycles. The van der Waals surface area contributed by atoms with Crippen molar-refractivity contribution in [2.24, 2.45) is 0 Å². The van der Waals surface area contributed by atoms with Gasteiger partial charge in [0.2, 0.25) is 0 Å². The average molecular weight is 377 g/mol. The van der Waals surface area contributed by atoms with E-state index in [1.807, 2.05) is 29.6 Å². The van der Waals surface area contributed by atoms with Crippen LogP contribution in [0.1, 0.15) is 16.1 Å². The molecule has 1 N–H and O–H groups in total. The van der Waals surface area contributed by atoms with E-state index in [1.165, 1.54) is 0 Å². The summed E-state index contributed by atoms with van der Waals surface area (Å²) in [6, 6.07) is 14.5. The van der Waals surface area contributed by atoms with Gasteiger partial charge in [-0.1, -0.05) is 41.4 Å². The molecule has 6 heteroatoms. The van der Waals surface area contributed by atoms with E-state index in [2.05, 4.69) is 10.3 Å². The molecule has 3 aromatic rings. The molecule has 1 amide bonds. The van der Waals surface area contributed by atoms with Crippen LogP contribution in [-0.2, 0) is 6.42 Å². The van der Waals surface area contributed by atoms with Crippen molar-refractivity contribution in [1.29, 1.82) is 0 Å². The molecule has 2 aromatic carbocycles. The van der Waals surface area contributed by atoms with Crippen molar-refractivity contribution < 1.29 is 4.79 Å². The number of rotatable bonds is 5. The Hall–Kier alpha value is -1.88. The van der Waals surface area contributed by atoms with Crippen LogP contribution in [0.15, 0.2) is 53.9 Å². The zero-order chi connectivity index (χ0) is 16.9. The molecular weight excluding hydrogens is 363 g/mol. The summed E-state index contributed by atoms with van der Waals surface area (Å²) in [5.74, 6) is -0.134. The van der Waals surface area contributed by atoms with Crippen LogP contribution in [0.25, 0.3) is 10.6 Å². The Morgan fingerprint density at radius 3 is 2.62 bits per heavy atom. The van der Waals surface area contributed by atoms with Gasteiger partial charge in [0.05, 0.1) is 5.69 Å². The van der Waals surface area contributed by atoms with Crippen LogP contribution in [0.4, 0.5) is 0 Å². The lowest BCUT2D eigenvalue weighted by Gasteiger charge is -2.04. The first-order valence-electron chi connectivity index (χ1n) is 7.36. The molecule has 0 radical (unpaired) electrons. The smallest absolute Gasteiger partial charge is 0.251 e. The summed E-state index contributed by atoms with van der Waals surface area (Å²) in [5, 5.41) is 7.10. The zero-order valence-corrected chi connectivity index (χ0v) is 15.0. The minimum atomic E-state index is -0.134. The molecule has 1 aromatic heterocycles. The Morgan fingerprint density at radius 1 is 1.08 bits per heavy atom. The third kappa shape index (κ3) is 4.35. The fourth-order valence-electron chi connectivity index (χ4n) is 2.18. The average Bonchev–Trinajstić information content (AvgIpc) is 3.04. The summed E-state index contributed by atoms with van der Waals surface area (Å²) in [6.07, 6.45) is 0.677. The van der Waals surface area contributed by atoms with Gasteiger partial charge < -0.3 is 5.32 Å². The van der Waals surface area contributed by atoms with Crippen LogP contribution in [0, 0.1) is 0 Å². The maximum atomic E-state index is 12.0. The Kier molecular flexibility index (Phi) is 5.51. The first-order chi connectivity index (χ1) is 11.6. The number of benzene rings is 2. The molecule has 0 unspecified atom stereocenters. The molecular formula is C18H14Cl2N2OS. The number of hydrogen-bond donors (Lipinski definition) is 1. The highest BCUT2D eigenvalue weighted by Gasteiger charge is 2.07. The minimum Gasteiger partial charge on any atom is -0.352 e. The minimum absolute atomic E-state index is 0.134. The Balaban J connectivity index is 1.56. The number of carbonyl (C=O) groups is 1. The van der Waals surface area contributed by atoms with E-state index in [-0.39, 0.29) is 5.91 Å². The van der Waals surface area contributed by atoms with E-state index >= 15 is 0 Å². The SMILES string of the molecule is O=C(NCCc1csc(-c2ccc(Cl)cc2)n1)c1cccc(Cl)c1. The van der Waals surface area contributed by atoms with Crippen molar-refractivity contribution in [2.45, 2.75) is 6.42 Å². The molecule has 3 nitrogen and oxygen atoms in total. The maximum absolute atomic E-state index is 12.0. The Labute approximate surface area is 154 Å². The molecule has 0 aliphatic rings. The Morgan fingerprint density at radius 2 is 1.88 bits per heavy atom. The van der Waals surface area contributed by atoms with Gasteiger partial charge in [-0.2, -0.15) is 0 Å². The third-order valence-electron chi connectivity index (χ3n) is 3.40. The second-order valence-electron chi connectivity index (χ2n) is 5.17. The molecule has 0 atom stereocenters. The zero-order valence-electron chi connectivity index (χ0n) is 12.6. The van der Waals surface area contributed by atoms with E-state index < -0.39 is 0 Å². The molecule has 0 bridgehead atoms. The van der Waals surface area contributed by atoms with Crippen LogP contribution < -0.4 is 5.32 Å². The summed E-state index contributed by atoms with van der Waals surface area (Å²) in [6.45, 7) is 0.523. The molecule has 0 saturated heterocycles. The van der Waals surface area contributed by atoms with Crippen molar-refractivity contribution in [3.63, 3.8) is 0 Å². The topological polar surface area (TPSA) is 42.0 Å². The van der Waals surface area contributed by atoms with Crippen LogP contribution >= 0.6 is 34.5 Å². The van der Waals surface area contributed by atoms with Crippen LogP contribution in [0.2, 0.25) is 10.0 Å². The molecule has 0 fully saturated rings. The number of nitrogens with zero attached hydrogens (tertiary/aromatic N) is 1. The van der Waals surface area contributed by atoms with E-state index in [0.29, 0.717) is 28.6 Å². The maximum Gasteiger partial charge on any atom is 0.251 e. The summed E-state index contributed by atoms with van der Waals surface area (Å²) >= 11 is 13.4. The Bertz CT molecular complexity index is 846. The van der Waals surface area contributed by atoms with Crippen LogP contribution in [-0.4, -0.2) is 17.4 Å². The molecule has 3 rings (SSSR count). The van der Waals surface area contributed by atoms with Gasteiger partial charge in [-0.05, 0) is 30.3 Å². The van der Waals surface area contributed by atoms with Crippen molar-refractivity contribution in [1.82, 2.24) is 10.3 Å². The largest absolute Gasteiger partial charge is 0.352 e. The van der Waals surface area contributed by atoms with Crippen molar-refractivity contribution >= 4 is 40.4 Å². The van der Waals surface area contributed by atoms with Gasteiger partial charge in [0, 0.05) is 39.5 Å². The van der Waals surface area contributed by atoms with Gasteiger partial charge in [0.1, 0.15) is 5.01 Å². The van der Waals surface area contributed by atoms with Crippen LogP contribution in [0.5, 0.6) is 0 Å². The van der Waals surface area contributed by atoms with Gasteiger partial charge in [0.15, 0.2) is 0 Å². The summed E-state index contributed by atoms with van der Waals surface area (Å²) in [5.41, 5.74) is 2.55. The highest BCUT2D eigenvalue weighted by atomic mass is 35.5. The van der Waals surface area contributed by atoms with Gasteiger partial charge in [-0.3, -0.25) is 4.79 Å². The summed E-state index contributed by atoms with van der Waals surface area (Å²) in [4.78, 5) is 16.6. The predicted molar refractivity (Wildman–Crippen MR) is 100 cm³/mol. The van der Waals surface area contributed by atoms with E-state index in [9.17, 15) is 4.79 Å². The lowest BCUT2D eigenvalue weighted by molar-refractivity contribution is 0.0954.